The van der Waals surface area contributed by atoms with E-state index >= 15 is 0 Å². The first-order valence-electron chi connectivity index (χ1n) is 5.84. The van der Waals surface area contributed by atoms with Gasteiger partial charge in [-0.1, -0.05) is 13.8 Å². The van der Waals surface area contributed by atoms with Crippen LogP contribution in [0, 0.1) is 5.92 Å². The van der Waals surface area contributed by atoms with Crippen LogP contribution in [0.15, 0.2) is 0 Å². The van der Waals surface area contributed by atoms with Crippen LogP contribution in [0.1, 0.15) is 41.0 Å². The summed E-state index contributed by atoms with van der Waals surface area (Å²) in [5.41, 5.74) is -0.0423. The Hall–Kier alpha value is -0.570. The van der Waals surface area contributed by atoms with E-state index in [0.717, 1.165) is 19.5 Å². The fourth-order valence-corrected chi connectivity index (χ4v) is 2.30. The first-order chi connectivity index (χ1) is 6.83. The van der Waals surface area contributed by atoms with Crippen LogP contribution in [0.25, 0.3) is 0 Å². The number of rotatable bonds is 2. The Bertz CT molecular complexity index is 236. The Morgan fingerprint density at radius 1 is 1.53 bits per heavy atom. The van der Waals surface area contributed by atoms with E-state index in [9.17, 15) is 4.79 Å². The predicted octanol–water partition coefficient (Wildman–Crippen LogP) is 1.63. The summed E-state index contributed by atoms with van der Waals surface area (Å²) >= 11 is 0. The Kier molecular flexibility index (Phi) is 3.77. The topological polar surface area (TPSA) is 32.3 Å². The van der Waals surface area contributed by atoms with Crippen molar-refractivity contribution in [3.63, 3.8) is 0 Å². The molecular formula is C12H24N2O. The molecule has 3 heteroatoms. The van der Waals surface area contributed by atoms with Gasteiger partial charge in [-0.15, -0.1) is 0 Å². The van der Waals surface area contributed by atoms with Gasteiger partial charge < -0.3 is 10.2 Å². The maximum atomic E-state index is 11.5. The van der Waals surface area contributed by atoms with Crippen molar-refractivity contribution >= 4 is 5.91 Å². The Labute approximate surface area is 93.2 Å². The zero-order valence-corrected chi connectivity index (χ0v) is 10.6. The molecule has 1 heterocycles. The highest BCUT2D eigenvalue weighted by Gasteiger charge is 2.35. The van der Waals surface area contributed by atoms with Crippen LogP contribution in [0.2, 0.25) is 0 Å². The van der Waals surface area contributed by atoms with Crippen LogP contribution in [0.4, 0.5) is 0 Å². The molecule has 1 aliphatic heterocycles. The quantitative estimate of drug-likeness (QED) is 0.754. The van der Waals surface area contributed by atoms with Crippen molar-refractivity contribution in [2.24, 2.45) is 5.92 Å². The molecule has 0 aromatic rings. The van der Waals surface area contributed by atoms with Gasteiger partial charge in [-0.3, -0.25) is 4.79 Å². The molecule has 0 saturated carbocycles. The minimum absolute atomic E-state index is 0.0423. The zero-order valence-electron chi connectivity index (χ0n) is 10.6. The van der Waals surface area contributed by atoms with Gasteiger partial charge in [0, 0.05) is 31.6 Å². The van der Waals surface area contributed by atoms with Gasteiger partial charge in [0.1, 0.15) is 0 Å². The molecule has 1 unspecified atom stereocenters. The molecule has 1 fully saturated rings. The summed E-state index contributed by atoms with van der Waals surface area (Å²) in [6.07, 6.45) is 1.14. The van der Waals surface area contributed by atoms with Crippen molar-refractivity contribution in [2.45, 2.75) is 52.6 Å². The third-order valence-electron chi connectivity index (χ3n) is 3.09. The van der Waals surface area contributed by atoms with Gasteiger partial charge in [0.05, 0.1) is 0 Å². The Morgan fingerprint density at radius 2 is 2.13 bits per heavy atom. The van der Waals surface area contributed by atoms with E-state index in [0.29, 0.717) is 12.0 Å². The van der Waals surface area contributed by atoms with Gasteiger partial charge >= 0.3 is 0 Å². The molecule has 1 amide bonds. The molecule has 0 radical (unpaired) electrons. The van der Waals surface area contributed by atoms with Gasteiger partial charge in [-0.05, 0) is 26.2 Å². The van der Waals surface area contributed by atoms with E-state index in [2.05, 4.69) is 33.0 Å². The third kappa shape index (κ3) is 3.20. The number of hydrogen-bond donors (Lipinski definition) is 1. The molecule has 0 bridgehead atoms. The van der Waals surface area contributed by atoms with Crippen molar-refractivity contribution in [1.82, 2.24) is 10.2 Å². The van der Waals surface area contributed by atoms with Crippen molar-refractivity contribution in [3.8, 4) is 0 Å². The Morgan fingerprint density at radius 3 is 2.60 bits per heavy atom. The smallest absolute Gasteiger partial charge is 0.219 e. The maximum Gasteiger partial charge on any atom is 0.219 e. The summed E-state index contributed by atoms with van der Waals surface area (Å²) in [7, 11) is 0. The minimum Gasteiger partial charge on any atom is -0.335 e. The number of carbonyl (C=O) groups excluding carboxylic acids is 1. The standard InChI is InChI=1S/C12H24N2O/c1-9(2)6-11-7-14(10(3)15)12(4,5)8-13-11/h9,11,13H,6-8H2,1-5H3. The lowest BCUT2D eigenvalue weighted by Crippen LogP contribution is -2.63. The highest BCUT2D eigenvalue weighted by atomic mass is 16.2. The summed E-state index contributed by atoms with van der Waals surface area (Å²) in [6, 6.07) is 0.460. The molecule has 0 spiro atoms. The van der Waals surface area contributed by atoms with Gasteiger partial charge in [0.2, 0.25) is 5.91 Å². The van der Waals surface area contributed by atoms with Gasteiger partial charge in [0.25, 0.3) is 0 Å². The van der Waals surface area contributed by atoms with Crippen LogP contribution in [-0.4, -0.2) is 35.5 Å². The van der Waals surface area contributed by atoms with E-state index in [1.54, 1.807) is 6.92 Å². The molecule has 1 rings (SSSR count). The predicted molar refractivity (Wildman–Crippen MR) is 62.7 cm³/mol. The van der Waals surface area contributed by atoms with Crippen molar-refractivity contribution in [2.75, 3.05) is 13.1 Å². The van der Waals surface area contributed by atoms with E-state index in [1.165, 1.54) is 0 Å². The molecule has 0 aromatic carbocycles. The summed E-state index contributed by atoms with van der Waals surface area (Å²) in [5, 5.41) is 3.53. The lowest BCUT2D eigenvalue weighted by molar-refractivity contribution is -0.136. The first kappa shape index (κ1) is 12.5. The molecule has 0 aromatic heterocycles. The first-order valence-corrected chi connectivity index (χ1v) is 5.84. The molecule has 1 N–H and O–H groups in total. The second kappa shape index (κ2) is 4.52. The normalized spacial score (nSPS) is 25.7. The van der Waals surface area contributed by atoms with Crippen molar-refractivity contribution in [1.29, 1.82) is 0 Å². The molecular weight excluding hydrogens is 188 g/mol. The van der Waals surface area contributed by atoms with E-state index < -0.39 is 0 Å². The zero-order chi connectivity index (χ0) is 11.6. The number of hydrogen-bond acceptors (Lipinski definition) is 2. The second-order valence-corrected chi connectivity index (χ2v) is 5.65. The van der Waals surface area contributed by atoms with Crippen LogP contribution in [-0.2, 0) is 4.79 Å². The summed E-state index contributed by atoms with van der Waals surface area (Å²) in [6.45, 7) is 12.1. The van der Waals surface area contributed by atoms with Gasteiger partial charge in [-0.25, -0.2) is 0 Å². The van der Waals surface area contributed by atoms with Gasteiger partial charge in [-0.2, -0.15) is 0 Å². The average molecular weight is 212 g/mol. The molecule has 1 saturated heterocycles. The number of piperazine rings is 1. The fraction of sp³-hybridized carbons (Fsp3) is 0.917. The van der Waals surface area contributed by atoms with Crippen LogP contribution in [0.3, 0.4) is 0 Å². The molecule has 15 heavy (non-hydrogen) atoms. The number of nitrogens with zero attached hydrogens (tertiary/aromatic N) is 1. The maximum absolute atomic E-state index is 11.5. The SMILES string of the molecule is CC(=O)N1CC(CC(C)C)NCC1(C)C. The molecule has 1 aliphatic rings. The largest absolute Gasteiger partial charge is 0.335 e. The molecule has 3 nitrogen and oxygen atoms in total. The summed E-state index contributed by atoms with van der Waals surface area (Å²) < 4.78 is 0. The highest BCUT2D eigenvalue weighted by Crippen LogP contribution is 2.21. The lowest BCUT2D eigenvalue weighted by atomic mass is 9.93. The fourth-order valence-electron chi connectivity index (χ4n) is 2.30. The lowest BCUT2D eigenvalue weighted by Gasteiger charge is -2.46. The van der Waals surface area contributed by atoms with E-state index in [1.807, 2.05) is 4.90 Å². The number of amides is 1. The van der Waals surface area contributed by atoms with Gasteiger partial charge in [0.15, 0.2) is 0 Å². The third-order valence-corrected chi connectivity index (χ3v) is 3.09. The molecule has 1 atom stereocenters. The monoisotopic (exact) mass is 212 g/mol. The second-order valence-electron chi connectivity index (χ2n) is 5.65. The van der Waals surface area contributed by atoms with Crippen molar-refractivity contribution in [3.05, 3.63) is 0 Å². The minimum atomic E-state index is -0.0423. The van der Waals surface area contributed by atoms with E-state index in [-0.39, 0.29) is 11.4 Å². The van der Waals surface area contributed by atoms with E-state index in [4.69, 9.17) is 0 Å². The van der Waals surface area contributed by atoms with Crippen LogP contribution < -0.4 is 5.32 Å². The van der Waals surface area contributed by atoms with Crippen molar-refractivity contribution < 1.29 is 4.79 Å². The summed E-state index contributed by atoms with van der Waals surface area (Å²) in [4.78, 5) is 13.5. The Balaban J connectivity index is 2.63. The average Bonchev–Trinajstić information content (AvgIpc) is 2.06. The number of carbonyl (C=O) groups is 1. The highest BCUT2D eigenvalue weighted by molar-refractivity contribution is 5.74. The van der Waals surface area contributed by atoms with Crippen LogP contribution >= 0.6 is 0 Å². The summed E-state index contributed by atoms with van der Waals surface area (Å²) in [5.74, 6) is 0.868. The molecule has 0 aliphatic carbocycles. The van der Waals surface area contributed by atoms with Crippen LogP contribution in [0.5, 0.6) is 0 Å². The molecule has 88 valence electrons. The number of nitrogens with one attached hydrogen (secondary N) is 1.